The smallest absolute Gasteiger partial charge is 0.415 e. The summed E-state index contributed by atoms with van der Waals surface area (Å²) in [5.74, 6) is -1.25. The first-order valence-electron chi connectivity index (χ1n) is 16.1. The molecule has 5 amide bonds. The zero-order valence-corrected chi connectivity index (χ0v) is 30.4. The van der Waals surface area contributed by atoms with Crippen molar-refractivity contribution in [2.45, 2.75) is 58.7 Å². The number of benzene rings is 2. The normalized spacial score (nSPS) is 12.0. The van der Waals surface area contributed by atoms with E-state index in [1.807, 2.05) is 51.1 Å². The van der Waals surface area contributed by atoms with Crippen LogP contribution in [0.2, 0.25) is 0 Å². The first-order chi connectivity index (χ1) is 23.3. The molecule has 0 saturated heterocycles. The average molecular weight is 703 g/mol. The van der Waals surface area contributed by atoms with E-state index < -0.39 is 30.0 Å². The molecule has 0 aromatic heterocycles. The van der Waals surface area contributed by atoms with Gasteiger partial charge in [0.05, 0.1) is 26.8 Å². The number of methoxy groups -OCH3 is 1. The molecule has 0 spiro atoms. The number of aryl methyl sites for hydroxylation is 1. The first kappa shape index (κ1) is 40.9. The molecule has 0 radical (unpaired) electrons. The minimum absolute atomic E-state index is 0.0106. The molecule has 49 heavy (non-hydrogen) atoms. The molecule has 2 aromatic carbocycles. The Morgan fingerprint density at radius 2 is 1.59 bits per heavy atom. The molecule has 0 heterocycles. The van der Waals surface area contributed by atoms with E-state index in [0.29, 0.717) is 30.7 Å². The van der Waals surface area contributed by atoms with Crippen LogP contribution in [0.1, 0.15) is 43.4 Å². The van der Waals surface area contributed by atoms with Crippen molar-refractivity contribution in [2.75, 3.05) is 47.4 Å². The van der Waals surface area contributed by atoms with Crippen molar-refractivity contribution in [1.29, 1.82) is 0 Å². The van der Waals surface area contributed by atoms with Crippen molar-refractivity contribution in [3.63, 3.8) is 0 Å². The highest BCUT2D eigenvalue weighted by Crippen LogP contribution is 2.33. The third-order valence-electron chi connectivity index (χ3n) is 7.53. The van der Waals surface area contributed by atoms with Gasteiger partial charge in [0.2, 0.25) is 23.6 Å². The first-order valence-corrected chi connectivity index (χ1v) is 16.7. The van der Waals surface area contributed by atoms with E-state index in [-0.39, 0.29) is 56.1 Å². The minimum Gasteiger partial charge on any atom is -0.493 e. The van der Waals surface area contributed by atoms with Gasteiger partial charge in [0.1, 0.15) is 12.1 Å². The Morgan fingerprint density at radius 1 is 0.918 bits per heavy atom. The summed E-state index contributed by atoms with van der Waals surface area (Å²) < 4.78 is 10.8. The Hall–Kier alpha value is -4.26. The van der Waals surface area contributed by atoms with Gasteiger partial charge in [0.25, 0.3) is 0 Å². The van der Waals surface area contributed by atoms with Crippen LogP contribution in [0, 0.1) is 12.8 Å². The average Bonchev–Trinajstić information content (AvgIpc) is 3.06. The maximum atomic E-state index is 13.4. The predicted octanol–water partition coefficient (Wildman–Crippen LogP) is 1.53. The van der Waals surface area contributed by atoms with Crippen LogP contribution in [0.15, 0.2) is 42.5 Å². The molecule has 0 fully saturated rings. The molecule has 0 bridgehead atoms. The van der Waals surface area contributed by atoms with Crippen molar-refractivity contribution < 1.29 is 38.6 Å². The molecule has 0 aliphatic heterocycles. The zero-order chi connectivity index (χ0) is 36.5. The fourth-order valence-corrected chi connectivity index (χ4v) is 5.10. The lowest BCUT2D eigenvalue weighted by molar-refractivity contribution is -0.134. The second kappa shape index (κ2) is 21.0. The van der Waals surface area contributed by atoms with Crippen LogP contribution >= 0.6 is 9.39 Å². The number of carbonyl (C=O) groups is 5. The summed E-state index contributed by atoms with van der Waals surface area (Å²) in [5.41, 5.74) is 2.10. The number of hydrogen-bond acceptors (Lipinski definition) is 9. The second-order valence-corrected chi connectivity index (χ2v) is 12.6. The number of aliphatic hydroxyl groups is 1. The van der Waals surface area contributed by atoms with Crippen LogP contribution in [0.5, 0.6) is 11.5 Å². The van der Waals surface area contributed by atoms with Gasteiger partial charge in [-0.25, -0.2) is 4.79 Å². The van der Waals surface area contributed by atoms with Crippen LogP contribution in [0.25, 0.3) is 0 Å². The third kappa shape index (κ3) is 14.0. The standard InChI is InChI=1S/C34H51N6O8P/c1-22(2)15-26(38-33(45)27(37-29(42)19-36-49)18-24-11-8-7-9-12-24)32(44)35-20-30(43)39(4)13-10-14-40(5)34(46)48-31-25(21-41)16-23(3)17-28(31)47-6/h7-9,11-12,16-17,22,26-27,36,41H,10,13-15,18-21,49H2,1-6H3,(H,35,44)(H,37,42)(H,38,45). The van der Waals surface area contributed by atoms with E-state index in [1.54, 1.807) is 26.2 Å². The predicted molar refractivity (Wildman–Crippen MR) is 189 cm³/mol. The summed E-state index contributed by atoms with van der Waals surface area (Å²) in [7, 11) is 6.83. The number of aliphatic hydroxyl groups excluding tert-OH is 1. The van der Waals surface area contributed by atoms with E-state index in [2.05, 4.69) is 30.4 Å². The Bertz CT molecular complexity index is 1390. The molecular formula is C34H51N6O8P. The van der Waals surface area contributed by atoms with Gasteiger partial charge in [-0.1, -0.05) is 53.6 Å². The summed E-state index contributed by atoms with van der Waals surface area (Å²) in [5, 5.41) is 20.5. The topological polar surface area (TPSA) is 179 Å². The number of rotatable bonds is 19. The monoisotopic (exact) mass is 702 g/mol. The largest absolute Gasteiger partial charge is 0.493 e. The van der Waals surface area contributed by atoms with E-state index in [1.165, 1.54) is 16.9 Å². The molecule has 15 heteroatoms. The van der Waals surface area contributed by atoms with E-state index in [4.69, 9.17) is 9.47 Å². The van der Waals surface area contributed by atoms with Crippen LogP contribution in [0.3, 0.4) is 0 Å². The number of likely N-dealkylation sites (N-methyl/N-ethyl adjacent to an activating group) is 1. The number of ether oxygens (including phenoxy) is 2. The maximum absolute atomic E-state index is 13.4. The zero-order valence-electron chi connectivity index (χ0n) is 29.2. The van der Waals surface area contributed by atoms with Crippen molar-refractivity contribution >= 4 is 39.1 Å². The Morgan fingerprint density at radius 3 is 2.20 bits per heavy atom. The molecule has 0 aliphatic carbocycles. The lowest BCUT2D eigenvalue weighted by Gasteiger charge is -2.25. The lowest BCUT2D eigenvalue weighted by Crippen LogP contribution is -2.56. The maximum Gasteiger partial charge on any atom is 0.415 e. The Labute approximate surface area is 290 Å². The fraction of sp³-hybridized carbons (Fsp3) is 0.500. The molecule has 3 unspecified atom stereocenters. The number of nitrogens with zero attached hydrogens (tertiary/aromatic N) is 2. The number of carbonyl (C=O) groups excluding carboxylic acids is 5. The van der Waals surface area contributed by atoms with E-state index >= 15 is 0 Å². The van der Waals surface area contributed by atoms with Crippen molar-refractivity contribution in [1.82, 2.24) is 30.8 Å². The van der Waals surface area contributed by atoms with Crippen LogP contribution in [0.4, 0.5) is 4.79 Å². The van der Waals surface area contributed by atoms with Gasteiger partial charge < -0.3 is 40.3 Å². The van der Waals surface area contributed by atoms with Gasteiger partial charge in [-0.3, -0.25) is 24.3 Å². The minimum atomic E-state index is -0.932. The lowest BCUT2D eigenvalue weighted by atomic mass is 10.0. The summed E-state index contributed by atoms with van der Waals surface area (Å²) in [6, 6.07) is 10.8. The van der Waals surface area contributed by atoms with Gasteiger partial charge in [-0.15, -0.1) is 0 Å². The molecule has 14 nitrogen and oxygen atoms in total. The molecule has 0 saturated carbocycles. The van der Waals surface area contributed by atoms with Crippen molar-refractivity contribution in [3.8, 4) is 11.5 Å². The van der Waals surface area contributed by atoms with Gasteiger partial charge in [0.15, 0.2) is 11.5 Å². The molecule has 2 aromatic rings. The van der Waals surface area contributed by atoms with E-state index in [9.17, 15) is 29.1 Å². The summed E-state index contributed by atoms with van der Waals surface area (Å²) in [6.07, 6.45) is 0.317. The highest BCUT2D eigenvalue weighted by Gasteiger charge is 2.28. The van der Waals surface area contributed by atoms with E-state index in [0.717, 1.165) is 11.1 Å². The molecule has 3 atom stereocenters. The summed E-state index contributed by atoms with van der Waals surface area (Å²) in [6.45, 7) is 5.58. The fourth-order valence-electron chi connectivity index (χ4n) is 4.92. The Kier molecular flexibility index (Phi) is 17.5. The van der Waals surface area contributed by atoms with Crippen molar-refractivity contribution in [2.24, 2.45) is 5.92 Å². The third-order valence-corrected chi connectivity index (χ3v) is 7.74. The highest BCUT2D eigenvalue weighted by molar-refractivity contribution is 7.13. The van der Waals surface area contributed by atoms with Crippen molar-refractivity contribution in [3.05, 3.63) is 59.2 Å². The van der Waals surface area contributed by atoms with Gasteiger partial charge in [0, 0.05) is 39.2 Å². The molecule has 5 N–H and O–H groups in total. The van der Waals surface area contributed by atoms with Crippen LogP contribution in [-0.4, -0.2) is 104 Å². The van der Waals surface area contributed by atoms with Gasteiger partial charge in [-0.2, -0.15) is 0 Å². The van der Waals surface area contributed by atoms with Gasteiger partial charge in [-0.05, 0) is 48.9 Å². The summed E-state index contributed by atoms with van der Waals surface area (Å²) >= 11 is 0. The number of hydrogen-bond donors (Lipinski definition) is 5. The Balaban J connectivity index is 1.93. The number of nitrogens with one attached hydrogen (secondary N) is 4. The SMILES string of the molecule is COc1cc(C)cc(CO)c1OC(=O)N(C)CCCN(C)C(=O)CNC(=O)C(CC(C)C)NC(=O)C(Cc1ccccc1)NC(=O)CNP. The van der Waals surface area contributed by atoms with Crippen LogP contribution < -0.4 is 30.5 Å². The molecule has 2 rings (SSSR count). The number of amides is 5. The quantitative estimate of drug-likeness (QED) is 0.136. The molecular weight excluding hydrogens is 651 g/mol. The molecule has 270 valence electrons. The summed E-state index contributed by atoms with van der Waals surface area (Å²) in [4.78, 5) is 67.3. The second-order valence-electron chi connectivity index (χ2n) is 12.2. The van der Waals surface area contributed by atoms with Gasteiger partial charge >= 0.3 is 6.09 Å². The highest BCUT2D eigenvalue weighted by atomic mass is 31.0. The molecule has 0 aliphatic rings. The van der Waals surface area contributed by atoms with Crippen LogP contribution in [-0.2, 0) is 32.2 Å².